The van der Waals surface area contributed by atoms with Crippen molar-refractivity contribution in [1.82, 2.24) is 5.32 Å². The SMILES string of the molecule is CCOC(=O)C(=O)N[C@H](C)C(=O)OCC. The fraction of sp³-hybridized carbons (Fsp3) is 0.667. The van der Waals surface area contributed by atoms with Gasteiger partial charge in [-0.05, 0) is 20.8 Å². The van der Waals surface area contributed by atoms with Gasteiger partial charge in [0.2, 0.25) is 0 Å². The zero-order valence-corrected chi connectivity index (χ0v) is 9.03. The van der Waals surface area contributed by atoms with Gasteiger partial charge in [-0.25, -0.2) is 9.59 Å². The van der Waals surface area contributed by atoms with E-state index in [-0.39, 0.29) is 13.2 Å². The van der Waals surface area contributed by atoms with Crippen molar-refractivity contribution in [3.05, 3.63) is 0 Å². The van der Waals surface area contributed by atoms with Crippen LogP contribution in [0.2, 0.25) is 0 Å². The van der Waals surface area contributed by atoms with Gasteiger partial charge in [0, 0.05) is 0 Å². The Morgan fingerprint density at radius 2 is 1.67 bits per heavy atom. The highest BCUT2D eigenvalue weighted by atomic mass is 16.5. The third kappa shape index (κ3) is 4.99. The number of amides is 1. The maximum Gasteiger partial charge on any atom is 0.396 e. The molecule has 0 aliphatic rings. The molecule has 0 fully saturated rings. The van der Waals surface area contributed by atoms with Gasteiger partial charge in [-0.3, -0.25) is 4.79 Å². The van der Waals surface area contributed by atoms with E-state index in [0.29, 0.717) is 0 Å². The molecule has 0 heterocycles. The van der Waals surface area contributed by atoms with Crippen molar-refractivity contribution in [2.45, 2.75) is 26.8 Å². The minimum absolute atomic E-state index is 0.111. The van der Waals surface area contributed by atoms with Crippen molar-refractivity contribution in [3.8, 4) is 0 Å². The van der Waals surface area contributed by atoms with Crippen molar-refractivity contribution in [3.63, 3.8) is 0 Å². The lowest BCUT2D eigenvalue weighted by atomic mass is 10.3. The van der Waals surface area contributed by atoms with Crippen LogP contribution in [0, 0.1) is 0 Å². The second-order valence-corrected chi connectivity index (χ2v) is 2.67. The van der Waals surface area contributed by atoms with E-state index in [4.69, 9.17) is 0 Å². The van der Waals surface area contributed by atoms with Crippen LogP contribution in [0.3, 0.4) is 0 Å². The number of hydrogen-bond acceptors (Lipinski definition) is 5. The number of ether oxygens (including phenoxy) is 2. The first-order valence-electron chi connectivity index (χ1n) is 4.67. The molecule has 0 spiro atoms. The van der Waals surface area contributed by atoms with Crippen LogP contribution >= 0.6 is 0 Å². The molecule has 0 aliphatic heterocycles. The molecular formula is C9H15NO5. The summed E-state index contributed by atoms with van der Waals surface area (Å²) < 4.78 is 9.08. The fourth-order valence-electron chi connectivity index (χ4n) is 0.778. The van der Waals surface area contributed by atoms with Gasteiger partial charge in [-0.15, -0.1) is 0 Å². The number of nitrogens with one attached hydrogen (secondary N) is 1. The highest BCUT2D eigenvalue weighted by Gasteiger charge is 2.21. The average Bonchev–Trinajstić information content (AvgIpc) is 2.18. The van der Waals surface area contributed by atoms with Crippen LogP contribution in [0.1, 0.15) is 20.8 Å². The number of carbonyl (C=O) groups is 3. The zero-order chi connectivity index (χ0) is 11.8. The molecule has 1 N–H and O–H groups in total. The maximum atomic E-state index is 11.1. The molecular weight excluding hydrogens is 202 g/mol. The van der Waals surface area contributed by atoms with Crippen LogP contribution in [0.5, 0.6) is 0 Å². The number of carbonyl (C=O) groups excluding carboxylic acids is 3. The van der Waals surface area contributed by atoms with E-state index in [1.54, 1.807) is 13.8 Å². The van der Waals surface area contributed by atoms with Crippen LogP contribution in [-0.2, 0) is 23.9 Å². The highest BCUT2D eigenvalue weighted by molar-refractivity contribution is 6.32. The van der Waals surface area contributed by atoms with E-state index in [2.05, 4.69) is 14.8 Å². The summed E-state index contributed by atoms with van der Waals surface area (Å²) in [6, 6.07) is -0.859. The largest absolute Gasteiger partial charge is 0.464 e. The monoisotopic (exact) mass is 217 g/mol. The smallest absolute Gasteiger partial charge is 0.396 e. The third-order valence-electron chi connectivity index (χ3n) is 1.45. The molecule has 0 aliphatic carbocycles. The lowest BCUT2D eigenvalue weighted by Gasteiger charge is -2.11. The average molecular weight is 217 g/mol. The first-order valence-corrected chi connectivity index (χ1v) is 4.67. The van der Waals surface area contributed by atoms with Crippen molar-refractivity contribution in [2.24, 2.45) is 0 Å². The molecule has 0 rings (SSSR count). The molecule has 0 saturated carbocycles. The predicted molar refractivity (Wildman–Crippen MR) is 50.9 cm³/mol. The molecule has 0 aromatic carbocycles. The zero-order valence-electron chi connectivity index (χ0n) is 9.03. The molecule has 1 atom stereocenters. The molecule has 0 aromatic heterocycles. The first kappa shape index (κ1) is 13.4. The summed E-state index contributed by atoms with van der Waals surface area (Å²) in [5.74, 6) is -2.54. The molecule has 6 heteroatoms. The molecule has 0 bridgehead atoms. The minimum atomic E-state index is -1.01. The summed E-state index contributed by atoms with van der Waals surface area (Å²) in [5.41, 5.74) is 0. The van der Waals surface area contributed by atoms with Gasteiger partial charge in [0.15, 0.2) is 0 Å². The van der Waals surface area contributed by atoms with E-state index in [0.717, 1.165) is 0 Å². The Labute approximate surface area is 87.9 Å². The van der Waals surface area contributed by atoms with Crippen LogP contribution in [0.4, 0.5) is 0 Å². The molecule has 86 valence electrons. The molecule has 0 saturated heterocycles. The van der Waals surface area contributed by atoms with Crippen LogP contribution < -0.4 is 5.32 Å². The topological polar surface area (TPSA) is 81.7 Å². The summed E-state index contributed by atoms with van der Waals surface area (Å²) in [6.45, 7) is 4.99. The van der Waals surface area contributed by atoms with Gasteiger partial charge < -0.3 is 14.8 Å². The van der Waals surface area contributed by atoms with E-state index in [1.807, 2.05) is 0 Å². The summed E-state index contributed by atoms with van der Waals surface area (Å²) in [4.78, 5) is 33.0. The minimum Gasteiger partial charge on any atom is -0.464 e. The fourth-order valence-corrected chi connectivity index (χ4v) is 0.778. The lowest BCUT2D eigenvalue weighted by Crippen LogP contribution is -2.43. The second kappa shape index (κ2) is 6.80. The summed E-state index contributed by atoms with van der Waals surface area (Å²) in [5, 5.41) is 2.16. The second-order valence-electron chi connectivity index (χ2n) is 2.67. The van der Waals surface area contributed by atoms with E-state index >= 15 is 0 Å². The van der Waals surface area contributed by atoms with Crippen molar-refractivity contribution in [1.29, 1.82) is 0 Å². The Kier molecular flexibility index (Phi) is 6.08. The Balaban J connectivity index is 4.06. The van der Waals surface area contributed by atoms with Crippen molar-refractivity contribution in [2.75, 3.05) is 13.2 Å². The molecule has 0 unspecified atom stereocenters. The summed E-state index contributed by atoms with van der Waals surface area (Å²) >= 11 is 0. The van der Waals surface area contributed by atoms with Gasteiger partial charge in [0.05, 0.1) is 13.2 Å². The van der Waals surface area contributed by atoms with E-state index in [1.165, 1.54) is 6.92 Å². The maximum absolute atomic E-state index is 11.1. The highest BCUT2D eigenvalue weighted by Crippen LogP contribution is 1.89. The molecule has 6 nitrogen and oxygen atoms in total. The number of hydrogen-bond donors (Lipinski definition) is 1. The van der Waals surface area contributed by atoms with Crippen molar-refractivity contribution >= 4 is 17.8 Å². The van der Waals surface area contributed by atoms with Gasteiger partial charge in [0.25, 0.3) is 0 Å². The van der Waals surface area contributed by atoms with Crippen LogP contribution in [0.15, 0.2) is 0 Å². The van der Waals surface area contributed by atoms with E-state index < -0.39 is 23.9 Å². The summed E-state index contributed by atoms with van der Waals surface area (Å²) in [7, 11) is 0. The van der Waals surface area contributed by atoms with Gasteiger partial charge in [-0.1, -0.05) is 0 Å². The molecule has 0 radical (unpaired) electrons. The third-order valence-corrected chi connectivity index (χ3v) is 1.45. The first-order chi connectivity index (χ1) is 7.02. The lowest BCUT2D eigenvalue weighted by molar-refractivity contribution is -0.156. The van der Waals surface area contributed by atoms with Crippen LogP contribution in [-0.4, -0.2) is 37.1 Å². The Morgan fingerprint density at radius 1 is 1.13 bits per heavy atom. The Hall–Kier alpha value is -1.59. The van der Waals surface area contributed by atoms with Gasteiger partial charge >= 0.3 is 17.8 Å². The molecule has 15 heavy (non-hydrogen) atoms. The normalized spacial score (nSPS) is 11.4. The quantitative estimate of drug-likeness (QED) is 0.512. The van der Waals surface area contributed by atoms with Crippen LogP contribution in [0.25, 0.3) is 0 Å². The Morgan fingerprint density at radius 3 is 2.13 bits per heavy atom. The van der Waals surface area contributed by atoms with Gasteiger partial charge in [0.1, 0.15) is 6.04 Å². The Bertz CT molecular complexity index is 251. The van der Waals surface area contributed by atoms with Crippen molar-refractivity contribution < 1.29 is 23.9 Å². The standard InChI is InChI=1S/C9H15NO5/c1-4-14-8(12)6(3)10-7(11)9(13)15-5-2/h6H,4-5H2,1-3H3,(H,10,11)/t6-/m1/s1. The molecule has 0 aromatic rings. The van der Waals surface area contributed by atoms with E-state index in [9.17, 15) is 14.4 Å². The number of rotatable bonds is 4. The van der Waals surface area contributed by atoms with Gasteiger partial charge in [-0.2, -0.15) is 0 Å². The number of esters is 2. The summed E-state index contributed by atoms with van der Waals surface area (Å²) in [6.07, 6.45) is 0. The molecule has 1 amide bonds. The predicted octanol–water partition coefficient (Wildman–Crippen LogP) is -0.383.